The zero-order valence-corrected chi connectivity index (χ0v) is 11.4. The lowest BCUT2D eigenvalue weighted by Crippen LogP contribution is -2.29. The third-order valence-corrected chi connectivity index (χ3v) is 3.77. The van der Waals surface area contributed by atoms with Crippen LogP contribution in [0.1, 0.15) is 15.9 Å². The van der Waals surface area contributed by atoms with Crippen LogP contribution in [0.2, 0.25) is 5.02 Å². The van der Waals surface area contributed by atoms with Crippen LogP contribution in [-0.4, -0.2) is 17.6 Å². The first-order chi connectivity index (χ1) is 9.58. The predicted molar refractivity (Wildman–Crippen MR) is 79.4 cm³/mol. The molecule has 0 saturated carbocycles. The van der Waals surface area contributed by atoms with Gasteiger partial charge >= 0.3 is 0 Å². The van der Waals surface area contributed by atoms with E-state index in [-0.39, 0.29) is 16.7 Å². The maximum absolute atomic E-state index is 12.6. The summed E-state index contributed by atoms with van der Waals surface area (Å²) >= 11 is 5.85. The van der Waals surface area contributed by atoms with Crippen molar-refractivity contribution in [1.29, 1.82) is 0 Å². The van der Waals surface area contributed by atoms with Gasteiger partial charge in [0.1, 0.15) is 5.75 Å². The summed E-state index contributed by atoms with van der Waals surface area (Å²) in [5.74, 6) is -0.201. The summed E-state index contributed by atoms with van der Waals surface area (Å²) in [6.07, 6.45) is 0.790. The second-order valence-corrected chi connectivity index (χ2v) is 5.14. The molecule has 1 amide bonds. The fourth-order valence-corrected chi connectivity index (χ4v) is 2.67. The lowest BCUT2D eigenvalue weighted by Gasteiger charge is -2.19. The molecule has 5 heteroatoms. The van der Waals surface area contributed by atoms with E-state index in [0.717, 1.165) is 17.7 Å². The number of carbonyl (C=O) groups is 1. The number of para-hydroxylation sites is 1. The molecule has 0 unspecified atom stereocenters. The highest BCUT2D eigenvalue weighted by molar-refractivity contribution is 6.32. The first-order valence-electron chi connectivity index (χ1n) is 6.25. The fraction of sp³-hybridized carbons (Fsp3) is 0.133. The lowest BCUT2D eigenvalue weighted by atomic mass is 10.1. The molecule has 2 aromatic rings. The molecule has 0 aliphatic carbocycles. The Labute approximate surface area is 121 Å². The number of fused-ring (bicyclic) bond motifs is 1. The van der Waals surface area contributed by atoms with Gasteiger partial charge in [0, 0.05) is 12.1 Å². The van der Waals surface area contributed by atoms with Gasteiger partial charge in [0.15, 0.2) is 0 Å². The monoisotopic (exact) mass is 288 g/mol. The number of halogens is 1. The number of benzene rings is 2. The second-order valence-electron chi connectivity index (χ2n) is 4.73. The van der Waals surface area contributed by atoms with E-state index in [1.54, 1.807) is 17.0 Å². The maximum atomic E-state index is 12.6. The number of rotatable bonds is 1. The molecule has 0 aromatic heterocycles. The Morgan fingerprint density at radius 3 is 2.85 bits per heavy atom. The predicted octanol–water partition coefficient (Wildman–Crippen LogP) is 2.83. The van der Waals surface area contributed by atoms with Crippen LogP contribution in [0.4, 0.5) is 11.4 Å². The van der Waals surface area contributed by atoms with Gasteiger partial charge < -0.3 is 15.7 Å². The van der Waals surface area contributed by atoms with Gasteiger partial charge in [0.05, 0.1) is 16.4 Å². The maximum Gasteiger partial charge on any atom is 0.258 e. The summed E-state index contributed by atoms with van der Waals surface area (Å²) in [5.41, 5.74) is 8.85. The van der Waals surface area contributed by atoms with Crippen molar-refractivity contribution in [2.24, 2.45) is 0 Å². The van der Waals surface area contributed by atoms with Crippen LogP contribution in [0.15, 0.2) is 36.4 Å². The van der Waals surface area contributed by atoms with E-state index in [4.69, 9.17) is 17.3 Å². The number of phenolic OH excluding ortho intramolecular Hbond substituents is 1. The van der Waals surface area contributed by atoms with Crippen molar-refractivity contribution in [1.82, 2.24) is 0 Å². The molecule has 102 valence electrons. The normalized spacial score (nSPS) is 13.3. The molecule has 0 fully saturated rings. The Kier molecular flexibility index (Phi) is 3.03. The molecule has 0 spiro atoms. The first kappa shape index (κ1) is 12.8. The van der Waals surface area contributed by atoms with Crippen LogP contribution >= 0.6 is 11.6 Å². The molecule has 0 bridgehead atoms. The molecule has 1 aliphatic rings. The van der Waals surface area contributed by atoms with E-state index in [9.17, 15) is 9.90 Å². The van der Waals surface area contributed by atoms with Crippen molar-refractivity contribution in [3.8, 4) is 5.75 Å². The molecule has 3 rings (SSSR count). The highest BCUT2D eigenvalue weighted by Crippen LogP contribution is 2.35. The average Bonchev–Trinajstić information content (AvgIpc) is 2.86. The number of hydrogen-bond acceptors (Lipinski definition) is 3. The topological polar surface area (TPSA) is 66.6 Å². The molecular formula is C15H13ClN2O2. The first-order valence-corrected chi connectivity index (χ1v) is 6.63. The number of nitrogen functional groups attached to an aromatic ring is 1. The van der Waals surface area contributed by atoms with Gasteiger partial charge in [-0.05, 0) is 36.2 Å². The number of anilines is 2. The summed E-state index contributed by atoms with van der Waals surface area (Å²) < 4.78 is 0. The third-order valence-electron chi connectivity index (χ3n) is 3.47. The number of phenols is 1. The van der Waals surface area contributed by atoms with Crippen molar-refractivity contribution in [3.63, 3.8) is 0 Å². The van der Waals surface area contributed by atoms with E-state index in [0.29, 0.717) is 17.8 Å². The summed E-state index contributed by atoms with van der Waals surface area (Å²) in [4.78, 5) is 14.2. The Morgan fingerprint density at radius 1 is 1.30 bits per heavy atom. The minimum absolute atomic E-state index is 0.0375. The van der Waals surface area contributed by atoms with Crippen LogP contribution in [0.5, 0.6) is 5.75 Å². The van der Waals surface area contributed by atoms with Gasteiger partial charge in [0.2, 0.25) is 0 Å². The Morgan fingerprint density at radius 2 is 2.10 bits per heavy atom. The molecule has 2 aromatic carbocycles. The van der Waals surface area contributed by atoms with E-state index in [1.165, 1.54) is 12.1 Å². The van der Waals surface area contributed by atoms with E-state index >= 15 is 0 Å². The Bertz CT molecular complexity index is 700. The average molecular weight is 289 g/mol. The summed E-state index contributed by atoms with van der Waals surface area (Å²) in [5, 5.41) is 9.58. The minimum atomic E-state index is -0.163. The van der Waals surface area contributed by atoms with Crippen molar-refractivity contribution in [3.05, 3.63) is 52.5 Å². The van der Waals surface area contributed by atoms with E-state index < -0.39 is 0 Å². The van der Waals surface area contributed by atoms with Crippen LogP contribution in [0.3, 0.4) is 0 Å². The van der Waals surface area contributed by atoms with Crippen LogP contribution in [0.25, 0.3) is 0 Å². The van der Waals surface area contributed by atoms with Crippen molar-refractivity contribution >= 4 is 28.9 Å². The molecule has 0 saturated heterocycles. The number of amides is 1. The Balaban J connectivity index is 1.99. The van der Waals surface area contributed by atoms with Crippen molar-refractivity contribution in [2.75, 3.05) is 17.2 Å². The smallest absolute Gasteiger partial charge is 0.258 e. The zero-order chi connectivity index (χ0) is 14.3. The number of nitrogens with zero attached hydrogens (tertiary/aromatic N) is 1. The number of nitrogens with two attached hydrogens (primary N) is 1. The van der Waals surface area contributed by atoms with Crippen molar-refractivity contribution < 1.29 is 9.90 Å². The van der Waals surface area contributed by atoms with Gasteiger partial charge in [-0.1, -0.05) is 23.7 Å². The molecule has 4 nitrogen and oxygen atoms in total. The van der Waals surface area contributed by atoms with E-state index in [2.05, 4.69) is 0 Å². The Hall–Kier alpha value is -2.20. The molecule has 0 atom stereocenters. The standard InChI is InChI=1S/C15H13ClN2O2/c16-11-8-10(4-5-13(11)19)15(20)18-7-6-9-2-1-3-12(17)14(9)18/h1-5,8,19H,6-7,17H2. The van der Waals surface area contributed by atoms with Gasteiger partial charge in [-0.3, -0.25) is 4.79 Å². The van der Waals surface area contributed by atoms with Crippen LogP contribution < -0.4 is 10.6 Å². The summed E-state index contributed by atoms with van der Waals surface area (Å²) in [6, 6.07) is 10.1. The van der Waals surface area contributed by atoms with Gasteiger partial charge in [-0.15, -0.1) is 0 Å². The fourth-order valence-electron chi connectivity index (χ4n) is 2.49. The molecule has 3 N–H and O–H groups in total. The quantitative estimate of drug-likeness (QED) is 0.793. The van der Waals surface area contributed by atoms with Gasteiger partial charge in [-0.2, -0.15) is 0 Å². The van der Waals surface area contributed by atoms with Crippen molar-refractivity contribution in [2.45, 2.75) is 6.42 Å². The van der Waals surface area contributed by atoms with Gasteiger partial charge in [0.25, 0.3) is 5.91 Å². The van der Waals surface area contributed by atoms with Gasteiger partial charge in [-0.25, -0.2) is 0 Å². The molecule has 0 radical (unpaired) electrons. The molecule has 1 heterocycles. The largest absolute Gasteiger partial charge is 0.506 e. The van der Waals surface area contributed by atoms with Crippen LogP contribution in [-0.2, 0) is 6.42 Å². The lowest BCUT2D eigenvalue weighted by molar-refractivity contribution is 0.0989. The second kappa shape index (κ2) is 4.72. The molecule has 20 heavy (non-hydrogen) atoms. The number of carbonyl (C=O) groups excluding carboxylic acids is 1. The highest BCUT2D eigenvalue weighted by atomic mass is 35.5. The number of hydrogen-bond donors (Lipinski definition) is 2. The van der Waals surface area contributed by atoms with Crippen LogP contribution in [0, 0.1) is 0 Å². The third kappa shape index (κ3) is 1.98. The molecular weight excluding hydrogens is 276 g/mol. The SMILES string of the molecule is Nc1cccc2c1N(C(=O)c1ccc(O)c(Cl)c1)CC2. The summed E-state index contributed by atoms with van der Waals surface area (Å²) in [6.45, 7) is 0.598. The number of aromatic hydroxyl groups is 1. The highest BCUT2D eigenvalue weighted by Gasteiger charge is 2.27. The molecule has 1 aliphatic heterocycles. The van der Waals surface area contributed by atoms with E-state index in [1.807, 2.05) is 12.1 Å². The minimum Gasteiger partial charge on any atom is -0.506 e. The summed E-state index contributed by atoms with van der Waals surface area (Å²) in [7, 11) is 0. The zero-order valence-electron chi connectivity index (χ0n) is 10.6.